The van der Waals surface area contributed by atoms with Gasteiger partial charge in [-0.15, -0.1) is 0 Å². The normalized spacial score (nSPS) is 19.0. The maximum atomic E-state index is 13.4. The van der Waals surface area contributed by atoms with E-state index in [2.05, 4.69) is 11.5 Å². The zero-order valence-corrected chi connectivity index (χ0v) is 22.2. The van der Waals surface area contributed by atoms with Gasteiger partial charge in [-0.25, -0.2) is 0 Å². The highest BCUT2D eigenvalue weighted by Gasteiger charge is 2.46. The number of aliphatic hydroxyl groups excluding tert-OH is 1. The molecule has 0 aromatic heterocycles. The predicted octanol–water partition coefficient (Wildman–Crippen LogP) is 4.80. The number of rotatable bonds is 10. The Morgan fingerprint density at radius 2 is 1.65 bits per heavy atom. The monoisotopic (exact) mass is 540 g/mol. The van der Waals surface area contributed by atoms with E-state index < -0.39 is 17.7 Å². The fraction of sp³-hybridized carbons (Fsp3) is 0.250. The smallest absolute Gasteiger partial charge is 0.295 e. The lowest BCUT2D eigenvalue weighted by Crippen LogP contribution is -2.42. The van der Waals surface area contributed by atoms with E-state index in [4.69, 9.17) is 14.2 Å². The Bertz CT molecular complexity index is 1380. The summed E-state index contributed by atoms with van der Waals surface area (Å²) in [5.41, 5.74) is 1.13. The van der Waals surface area contributed by atoms with Gasteiger partial charge in [-0.3, -0.25) is 14.5 Å². The average molecular weight is 541 g/mol. The van der Waals surface area contributed by atoms with E-state index in [1.54, 1.807) is 35.2 Å². The molecule has 2 aliphatic rings. The molecule has 206 valence electrons. The Balaban J connectivity index is 1.51. The lowest BCUT2D eigenvalue weighted by atomic mass is 9.95. The number of carbonyl (C=O) groups excluding carboxylic acids is 2. The third-order valence-corrected chi connectivity index (χ3v) is 6.95. The van der Waals surface area contributed by atoms with Crippen LogP contribution in [0.1, 0.15) is 17.2 Å². The van der Waals surface area contributed by atoms with Gasteiger partial charge in [0.25, 0.3) is 11.7 Å². The maximum Gasteiger partial charge on any atom is 0.295 e. The summed E-state index contributed by atoms with van der Waals surface area (Å²) in [6, 6.07) is 22.6. The van der Waals surface area contributed by atoms with E-state index in [1.807, 2.05) is 54.6 Å². The van der Waals surface area contributed by atoms with Gasteiger partial charge < -0.3 is 24.2 Å². The molecule has 8 nitrogen and oxygen atoms in total. The number of hydrogen-bond donors (Lipinski definition) is 1. The molecular formula is C32H32N2O6. The largest absolute Gasteiger partial charge is 0.507 e. The molecule has 0 aliphatic carbocycles. The van der Waals surface area contributed by atoms with Crippen LogP contribution in [-0.2, 0) is 14.3 Å². The fourth-order valence-electron chi connectivity index (χ4n) is 4.92. The molecule has 1 unspecified atom stereocenters. The summed E-state index contributed by atoms with van der Waals surface area (Å²) in [5.74, 6) is 0.239. The van der Waals surface area contributed by atoms with Gasteiger partial charge in [-0.1, -0.05) is 43.0 Å². The number of para-hydroxylation sites is 1. The first-order chi connectivity index (χ1) is 19.5. The Morgan fingerprint density at radius 1 is 0.925 bits per heavy atom. The zero-order chi connectivity index (χ0) is 27.9. The van der Waals surface area contributed by atoms with Gasteiger partial charge in [0.1, 0.15) is 29.6 Å². The molecule has 3 aromatic rings. The van der Waals surface area contributed by atoms with Gasteiger partial charge in [-0.05, 0) is 54.1 Å². The van der Waals surface area contributed by atoms with Crippen LogP contribution in [0.3, 0.4) is 0 Å². The van der Waals surface area contributed by atoms with Gasteiger partial charge in [0.2, 0.25) is 0 Å². The fourth-order valence-corrected chi connectivity index (χ4v) is 4.92. The molecule has 1 N–H and O–H groups in total. The van der Waals surface area contributed by atoms with Gasteiger partial charge in [0.05, 0.1) is 24.8 Å². The van der Waals surface area contributed by atoms with E-state index in [0.29, 0.717) is 61.3 Å². The molecule has 0 spiro atoms. The van der Waals surface area contributed by atoms with Crippen molar-refractivity contribution in [2.75, 3.05) is 46.0 Å². The molecule has 0 bridgehead atoms. The number of nitrogens with zero attached hydrogens (tertiary/aromatic N) is 2. The first-order valence-corrected chi connectivity index (χ1v) is 13.3. The van der Waals surface area contributed by atoms with Crippen molar-refractivity contribution in [3.05, 3.63) is 108 Å². The number of Topliss-reactive ketones (excluding diaryl/α,β-unsaturated/α-hetero) is 1. The summed E-state index contributed by atoms with van der Waals surface area (Å²) in [5, 5.41) is 11.4. The van der Waals surface area contributed by atoms with Crippen LogP contribution in [0.4, 0.5) is 0 Å². The molecule has 1 amide bonds. The van der Waals surface area contributed by atoms with Crippen LogP contribution in [-0.4, -0.2) is 72.6 Å². The van der Waals surface area contributed by atoms with Crippen LogP contribution in [0.25, 0.3) is 5.76 Å². The maximum absolute atomic E-state index is 13.4. The van der Waals surface area contributed by atoms with Crippen molar-refractivity contribution in [2.45, 2.75) is 6.04 Å². The van der Waals surface area contributed by atoms with Crippen molar-refractivity contribution < 1.29 is 28.9 Å². The lowest BCUT2D eigenvalue weighted by Gasteiger charge is -2.31. The molecule has 0 saturated carbocycles. The standard InChI is InChI=1S/C32H32N2O6/c1-2-19-39-25-13-11-23(12-14-25)30(35)28-29(24-7-6-10-27(22-24)40-26-8-4-3-5-9-26)34(32(37)31(28)36)16-15-33-17-20-38-21-18-33/h2-14,22,29,35H,1,15-21H2/b30-28+. The van der Waals surface area contributed by atoms with Crippen molar-refractivity contribution in [1.82, 2.24) is 9.80 Å². The summed E-state index contributed by atoms with van der Waals surface area (Å²) >= 11 is 0. The summed E-state index contributed by atoms with van der Waals surface area (Å²) in [4.78, 5) is 30.6. The van der Waals surface area contributed by atoms with Crippen LogP contribution in [0, 0.1) is 0 Å². The zero-order valence-electron chi connectivity index (χ0n) is 22.2. The molecule has 3 aromatic carbocycles. The van der Waals surface area contributed by atoms with E-state index in [0.717, 1.165) is 13.1 Å². The lowest BCUT2D eigenvalue weighted by molar-refractivity contribution is -0.140. The highest BCUT2D eigenvalue weighted by molar-refractivity contribution is 6.46. The van der Waals surface area contributed by atoms with Crippen LogP contribution in [0.5, 0.6) is 17.2 Å². The van der Waals surface area contributed by atoms with Crippen molar-refractivity contribution in [1.29, 1.82) is 0 Å². The number of ether oxygens (including phenoxy) is 3. The van der Waals surface area contributed by atoms with Crippen molar-refractivity contribution in [3.8, 4) is 17.2 Å². The topological polar surface area (TPSA) is 88.5 Å². The third-order valence-electron chi connectivity index (χ3n) is 6.95. The number of likely N-dealkylation sites (tertiary alicyclic amines) is 1. The summed E-state index contributed by atoms with van der Waals surface area (Å²) < 4.78 is 17.0. The van der Waals surface area contributed by atoms with Crippen LogP contribution in [0.2, 0.25) is 0 Å². The summed E-state index contributed by atoms with van der Waals surface area (Å²) in [6.07, 6.45) is 1.64. The molecule has 8 heteroatoms. The molecule has 5 rings (SSSR count). The highest BCUT2D eigenvalue weighted by atomic mass is 16.5. The molecule has 2 fully saturated rings. The molecule has 2 heterocycles. The highest BCUT2D eigenvalue weighted by Crippen LogP contribution is 2.40. The van der Waals surface area contributed by atoms with E-state index in [-0.39, 0.29) is 11.3 Å². The number of benzene rings is 3. The second-order valence-corrected chi connectivity index (χ2v) is 9.56. The molecule has 0 radical (unpaired) electrons. The molecule has 40 heavy (non-hydrogen) atoms. The van der Waals surface area contributed by atoms with E-state index in [1.165, 1.54) is 0 Å². The molecule has 1 atom stereocenters. The first-order valence-electron chi connectivity index (χ1n) is 13.3. The number of morpholine rings is 1. The van der Waals surface area contributed by atoms with Gasteiger partial charge >= 0.3 is 0 Å². The first kappa shape index (κ1) is 27.2. The van der Waals surface area contributed by atoms with Crippen molar-refractivity contribution >= 4 is 17.4 Å². The van der Waals surface area contributed by atoms with Gasteiger partial charge in [0.15, 0.2) is 0 Å². The minimum absolute atomic E-state index is 0.0450. The third kappa shape index (κ3) is 6.09. The molecular weight excluding hydrogens is 508 g/mol. The van der Waals surface area contributed by atoms with Crippen LogP contribution < -0.4 is 9.47 Å². The van der Waals surface area contributed by atoms with E-state index in [9.17, 15) is 14.7 Å². The number of aliphatic hydroxyl groups is 1. The SMILES string of the molecule is C=CCOc1ccc(/C(O)=C2\C(=O)C(=O)N(CCN3CCOCC3)C2c2cccc(Oc3ccccc3)c2)cc1. The van der Waals surface area contributed by atoms with Crippen LogP contribution >= 0.6 is 0 Å². The Morgan fingerprint density at radius 3 is 2.38 bits per heavy atom. The Hall–Kier alpha value is -4.40. The predicted molar refractivity (Wildman–Crippen MR) is 151 cm³/mol. The molecule has 2 saturated heterocycles. The summed E-state index contributed by atoms with van der Waals surface area (Å²) in [7, 11) is 0. The average Bonchev–Trinajstić information content (AvgIpc) is 3.25. The Labute approximate surface area is 233 Å². The summed E-state index contributed by atoms with van der Waals surface area (Å²) in [6.45, 7) is 7.68. The van der Waals surface area contributed by atoms with Crippen molar-refractivity contribution in [2.24, 2.45) is 0 Å². The van der Waals surface area contributed by atoms with Crippen LogP contribution in [0.15, 0.2) is 97.1 Å². The van der Waals surface area contributed by atoms with Gasteiger partial charge in [0, 0.05) is 31.7 Å². The van der Waals surface area contributed by atoms with E-state index >= 15 is 0 Å². The quantitative estimate of drug-likeness (QED) is 0.171. The number of amides is 1. The second kappa shape index (κ2) is 12.6. The Kier molecular flexibility index (Phi) is 8.59. The minimum atomic E-state index is -0.781. The number of hydrogen-bond acceptors (Lipinski definition) is 7. The van der Waals surface area contributed by atoms with Gasteiger partial charge in [-0.2, -0.15) is 0 Å². The number of ketones is 1. The number of carbonyl (C=O) groups is 2. The van der Waals surface area contributed by atoms with Crippen molar-refractivity contribution in [3.63, 3.8) is 0 Å². The second-order valence-electron chi connectivity index (χ2n) is 9.56. The minimum Gasteiger partial charge on any atom is -0.507 e. The molecule has 2 aliphatic heterocycles.